The lowest BCUT2D eigenvalue weighted by Crippen LogP contribution is -2.08. The van der Waals surface area contributed by atoms with E-state index < -0.39 is 0 Å². The van der Waals surface area contributed by atoms with Crippen molar-refractivity contribution in [1.29, 1.82) is 0 Å². The van der Waals surface area contributed by atoms with Crippen LogP contribution in [0.3, 0.4) is 0 Å². The summed E-state index contributed by atoms with van der Waals surface area (Å²) in [6, 6.07) is 10.7. The smallest absolute Gasteiger partial charge is 0.127 e. The minimum Gasteiger partial charge on any atom is -0.497 e. The van der Waals surface area contributed by atoms with Gasteiger partial charge in [-0.25, -0.2) is 4.39 Å². The van der Waals surface area contributed by atoms with E-state index in [1.165, 1.54) is 19.2 Å². The Bertz CT molecular complexity index is 1740. The van der Waals surface area contributed by atoms with Gasteiger partial charge in [0, 0.05) is 54.5 Å². The molecule has 5 heterocycles. The van der Waals surface area contributed by atoms with Crippen LogP contribution < -0.4 is 9.64 Å². The lowest BCUT2D eigenvalue weighted by molar-refractivity contribution is 0.411. The number of H-pyrrole nitrogens is 2. The van der Waals surface area contributed by atoms with Crippen molar-refractivity contribution < 1.29 is 9.13 Å². The fraction of sp³-hybridized carbons (Fsp3) is 0.111. The molecule has 0 fully saturated rings. The van der Waals surface area contributed by atoms with Crippen LogP contribution in [0, 0.1) is 5.82 Å². The van der Waals surface area contributed by atoms with E-state index in [0.717, 1.165) is 55.7 Å². The third-order valence-electron chi connectivity index (χ3n) is 6.20. The van der Waals surface area contributed by atoms with Crippen molar-refractivity contribution in [3.05, 3.63) is 73.2 Å². The zero-order valence-electron chi connectivity index (χ0n) is 19.9. The predicted molar refractivity (Wildman–Crippen MR) is 138 cm³/mol. The Morgan fingerprint density at radius 2 is 1.69 bits per heavy atom. The van der Waals surface area contributed by atoms with Gasteiger partial charge in [0.2, 0.25) is 0 Å². The minimum atomic E-state index is -0.372. The lowest BCUT2D eigenvalue weighted by Gasteiger charge is -2.12. The Labute approximate surface area is 205 Å². The average molecular weight is 480 g/mol. The van der Waals surface area contributed by atoms with Gasteiger partial charge in [0.25, 0.3) is 0 Å². The van der Waals surface area contributed by atoms with Gasteiger partial charge in [0.1, 0.15) is 17.3 Å². The molecule has 0 saturated carbocycles. The van der Waals surface area contributed by atoms with E-state index in [0.29, 0.717) is 11.3 Å². The summed E-state index contributed by atoms with van der Waals surface area (Å²) in [6.45, 7) is 0. The highest BCUT2D eigenvalue weighted by molar-refractivity contribution is 6.01. The molecule has 0 spiro atoms. The third kappa shape index (κ3) is 3.70. The molecule has 0 unspecified atom stereocenters. The number of nitrogens with zero attached hydrogens (tertiary/aromatic N) is 5. The molecular weight excluding hydrogens is 457 g/mol. The molecule has 2 N–H and O–H groups in total. The van der Waals surface area contributed by atoms with Crippen molar-refractivity contribution in [2.24, 2.45) is 0 Å². The summed E-state index contributed by atoms with van der Waals surface area (Å²) in [5.41, 5.74) is 7.38. The fourth-order valence-corrected chi connectivity index (χ4v) is 4.34. The molecular formula is C27H22FN7O. The van der Waals surface area contributed by atoms with Crippen LogP contribution in [0.15, 0.2) is 67.4 Å². The van der Waals surface area contributed by atoms with Crippen LogP contribution in [0.2, 0.25) is 0 Å². The minimum absolute atomic E-state index is 0.372. The van der Waals surface area contributed by atoms with Crippen LogP contribution >= 0.6 is 0 Å². The van der Waals surface area contributed by atoms with Gasteiger partial charge in [-0.15, -0.1) is 0 Å². The standard InChI is InChI=1S/C27H22FN7O/c1-35(2)18-5-16(10-29-11-18)23-9-21-26(14-31-23)33-34-27(21)24-8-20-22(12-30-13-25(20)32-24)15-4-17(28)7-19(6-15)36-3/h4-14,32H,1-3H3,(H,33,34). The molecule has 0 aliphatic carbocycles. The zero-order valence-corrected chi connectivity index (χ0v) is 19.9. The number of aromatic amines is 2. The maximum atomic E-state index is 14.2. The molecule has 0 bridgehead atoms. The summed E-state index contributed by atoms with van der Waals surface area (Å²) in [5, 5.41) is 9.46. The SMILES string of the molecule is COc1cc(F)cc(-c2cncc3[nH]c(-c4n[nH]c5cnc(-c6cncc(N(C)C)c6)cc45)cc23)c1. The molecule has 1 aromatic carbocycles. The van der Waals surface area contributed by atoms with Crippen molar-refractivity contribution in [3.63, 3.8) is 0 Å². The molecule has 5 aromatic heterocycles. The highest BCUT2D eigenvalue weighted by Crippen LogP contribution is 2.35. The molecule has 8 nitrogen and oxygen atoms in total. The summed E-state index contributed by atoms with van der Waals surface area (Å²) >= 11 is 0. The van der Waals surface area contributed by atoms with Crippen LogP contribution in [-0.2, 0) is 0 Å². The van der Waals surface area contributed by atoms with Crippen molar-refractivity contribution >= 4 is 27.5 Å². The van der Waals surface area contributed by atoms with Crippen LogP contribution in [-0.4, -0.2) is 51.3 Å². The molecule has 178 valence electrons. The summed E-state index contributed by atoms with van der Waals surface area (Å²) in [4.78, 5) is 18.8. The van der Waals surface area contributed by atoms with Crippen molar-refractivity contribution in [1.82, 2.24) is 30.1 Å². The number of nitrogens with one attached hydrogen (secondary N) is 2. The summed E-state index contributed by atoms with van der Waals surface area (Å²) in [6.07, 6.45) is 8.87. The first-order valence-electron chi connectivity index (χ1n) is 11.3. The van der Waals surface area contributed by atoms with E-state index in [4.69, 9.17) is 4.74 Å². The number of aromatic nitrogens is 6. The average Bonchev–Trinajstić information content (AvgIpc) is 3.51. The first kappa shape index (κ1) is 21.7. The van der Waals surface area contributed by atoms with Crippen molar-refractivity contribution in [3.8, 4) is 39.5 Å². The number of anilines is 1. The predicted octanol–water partition coefficient (Wildman–Crippen LogP) is 5.44. The first-order chi connectivity index (χ1) is 17.5. The molecule has 9 heteroatoms. The zero-order chi connectivity index (χ0) is 24.8. The molecule has 36 heavy (non-hydrogen) atoms. The Balaban J connectivity index is 1.47. The Morgan fingerprint density at radius 3 is 2.53 bits per heavy atom. The van der Waals surface area contributed by atoms with Gasteiger partial charge in [0.05, 0.1) is 53.8 Å². The van der Waals surface area contributed by atoms with E-state index in [9.17, 15) is 4.39 Å². The van der Waals surface area contributed by atoms with E-state index in [1.807, 2.05) is 37.3 Å². The van der Waals surface area contributed by atoms with E-state index >= 15 is 0 Å². The summed E-state index contributed by atoms with van der Waals surface area (Å²) < 4.78 is 19.5. The molecule has 0 atom stereocenters. The van der Waals surface area contributed by atoms with Gasteiger partial charge in [-0.3, -0.25) is 20.1 Å². The molecule has 0 aliphatic rings. The fourth-order valence-electron chi connectivity index (χ4n) is 4.34. The number of hydrogen-bond donors (Lipinski definition) is 2. The number of pyridine rings is 3. The third-order valence-corrected chi connectivity index (χ3v) is 6.20. The molecule has 0 radical (unpaired) electrons. The van der Waals surface area contributed by atoms with E-state index in [-0.39, 0.29) is 5.82 Å². The van der Waals surface area contributed by atoms with E-state index in [2.05, 4.69) is 36.2 Å². The molecule has 0 aliphatic heterocycles. The molecule has 6 rings (SSSR count). The summed E-state index contributed by atoms with van der Waals surface area (Å²) in [7, 11) is 5.47. The Hall–Kier alpha value is -4.79. The highest BCUT2D eigenvalue weighted by Gasteiger charge is 2.16. The van der Waals surface area contributed by atoms with Gasteiger partial charge >= 0.3 is 0 Å². The monoisotopic (exact) mass is 479 g/mol. The van der Waals surface area contributed by atoms with Gasteiger partial charge < -0.3 is 14.6 Å². The Morgan fingerprint density at radius 1 is 0.833 bits per heavy atom. The number of methoxy groups -OCH3 is 1. The lowest BCUT2D eigenvalue weighted by atomic mass is 10.0. The van der Waals surface area contributed by atoms with Crippen LogP contribution in [0.1, 0.15) is 0 Å². The molecule has 0 amide bonds. The van der Waals surface area contributed by atoms with E-state index in [1.54, 1.807) is 30.9 Å². The second-order valence-corrected chi connectivity index (χ2v) is 8.72. The largest absolute Gasteiger partial charge is 0.497 e. The highest BCUT2D eigenvalue weighted by atomic mass is 19.1. The number of rotatable bonds is 5. The van der Waals surface area contributed by atoms with Crippen LogP contribution in [0.5, 0.6) is 5.75 Å². The number of ether oxygens (including phenoxy) is 1. The second kappa shape index (κ2) is 8.46. The number of hydrogen-bond acceptors (Lipinski definition) is 6. The van der Waals surface area contributed by atoms with Crippen LogP contribution in [0.25, 0.3) is 55.6 Å². The second-order valence-electron chi connectivity index (χ2n) is 8.72. The van der Waals surface area contributed by atoms with Gasteiger partial charge in [-0.2, -0.15) is 5.10 Å². The van der Waals surface area contributed by atoms with Gasteiger partial charge in [-0.1, -0.05) is 0 Å². The van der Waals surface area contributed by atoms with Crippen molar-refractivity contribution in [2.75, 3.05) is 26.1 Å². The maximum absolute atomic E-state index is 14.2. The van der Waals surface area contributed by atoms with Gasteiger partial charge in [-0.05, 0) is 35.9 Å². The number of fused-ring (bicyclic) bond motifs is 2. The van der Waals surface area contributed by atoms with Crippen molar-refractivity contribution in [2.45, 2.75) is 0 Å². The quantitative estimate of drug-likeness (QED) is 0.342. The maximum Gasteiger partial charge on any atom is 0.127 e. The first-order valence-corrected chi connectivity index (χ1v) is 11.3. The topological polar surface area (TPSA) is 95.6 Å². The number of halogens is 1. The molecule has 6 aromatic rings. The van der Waals surface area contributed by atoms with Gasteiger partial charge in [0.15, 0.2) is 0 Å². The number of benzene rings is 1. The Kier molecular flexibility index (Phi) is 5.10. The normalized spacial score (nSPS) is 11.3. The molecule has 0 saturated heterocycles. The van der Waals surface area contributed by atoms with Crippen LogP contribution in [0.4, 0.5) is 10.1 Å². The summed E-state index contributed by atoms with van der Waals surface area (Å²) in [5.74, 6) is 0.0761.